The zero-order valence-electron chi connectivity index (χ0n) is 17.6. The number of carbonyl (C=O) groups excluding carboxylic acids is 2. The standard InChI is InChI=1S/C22H23N7O3/c1-27-19(17(14-23-27)22(31)28-9-11-32-12-10-28)21(30)24-16-7-8-29-18(13-16)25-20(26-29)15-5-3-2-4-6-15/h2-8,14,16H,9-13H2,1H3,(H,24,30). The summed E-state index contributed by atoms with van der Waals surface area (Å²) in [5.41, 5.74) is 1.47. The third-order valence-corrected chi connectivity index (χ3v) is 5.59. The number of carbonyl (C=O) groups is 2. The summed E-state index contributed by atoms with van der Waals surface area (Å²) in [6.45, 7) is 1.98. The van der Waals surface area contributed by atoms with Crippen LogP contribution >= 0.6 is 0 Å². The molecule has 2 aliphatic rings. The van der Waals surface area contributed by atoms with Crippen LogP contribution < -0.4 is 5.32 Å². The van der Waals surface area contributed by atoms with Crippen molar-refractivity contribution in [1.29, 1.82) is 0 Å². The van der Waals surface area contributed by atoms with Crippen molar-refractivity contribution in [2.45, 2.75) is 12.5 Å². The van der Waals surface area contributed by atoms with Gasteiger partial charge in [-0.15, -0.1) is 5.10 Å². The molecule has 10 heteroatoms. The Kier molecular flexibility index (Phi) is 5.28. The minimum atomic E-state index is -0.354. The Balaban J connectivity index is 1.31. The van der Waals surface area contributed by atoms with E-state index in [-0.39, 0.29) is 23.6 Å². The van der Waals surface area contributed by atoms with Crippen LogP contribution in [0.4, 0.5) is 0 Å². The zero-order chi connectivity index (χ0) is 22.1. The van der Waals surface area contributed by atoms with E-state index in [1.807, 2.05) is 36.4 Å². The summed E-state index contributed by atoms with van der Waals surface area (Å²) in [4.78, 5) is 32.3. The van der Waals surface area contributed by atoms with E-state index in [4.69, 9.17) is 4.74 Å². The molecule has 5 rings (SSSR count). The summed E-state index contributed by atoms with van der Waals surface area (Å²) in [7, 11) is 1.66. The van der Waals surface area contributed by atoms with E-state index < -0.39 is 0 Å². The number of ether oxygens (including phenoxy) is 1. The van der Waals surface area contributed by atoms with Gasteiger partial charge >= 0.3 is 0 Å². The van der Waals surface area contributed by atoms with E-state index in [1.165, 1.54) is 10.9 Å². The molecule has 0 spiro atoms. The van der Waals surface area contributed by atoms with E-state index in [9.17, 15) is 9.59 Å². The lowest BCUT2D eigenvalue weighted by Gasteiger charge is -2.26. The molecule has 1 N–H and O–H groups in total. The van der Waals surface area contributed by atoms with Crippen molar-refractivity contribution in [2.24, 2.45) is 7.05 Å². The van der Waals surface area contributed by atoms with Crippen LogP contribution in [-0.2, 0) is 18.2 Å². The molecule has 10 nitrogen and oxygen atoms in total. The maximum absolute atomic E-state index is 13.1. The molecule has 1 atom stereocenters. The van der Waals surface area contributed by atoms with Crippen molar-refractivity contribution in [3.63, 3.8) is 0 Å². The van der Waals surface area contributed by atoms with Crippen LogP contribution in [0.15, 0.2) is 42.6 Å². The first kappa shape index (κ1) is 20.1. The monoisotopic (exact) mass is 433 g/mol. The van der Waals surface area contributed by atoms with E-state index >= 15 is 0 Å². The minimum absolute atomic E-state index is 0.210. The van der Waals surface area contributed by atoms with Crippen molar-refractivity contribution >= 4 is 18.0 Å². The Bertz CT molecular complexity index is 1180. The van der Waals surface area contributed by atoms with Gasteiger partial charge in [0.25, 0.3) is 11.8 Å². The van der Waals surface area contributed by atoms with Crippen LogP contribution in [-0.4, -0.2) is 73.6 Å². The van der Waals surface area contributed by atoms with Crippen molar-refractivity contribution in [3.05, 3.63) is 59.7 Å². The smallest absolute Gasteiger partial charge is 0.270 e. The molecule has 0 saturated carbocycles. The van der Waals surface area contributed by atoms with Gasteiger partial charge in [-0.25, -0.2) is 9.67 Å². The largest absolute Gasteiger partial charge is 0.378 e. The fraction of sp³-hybridized carbons (Fsp3) is 0.318. The Morgan fingerprint density at radius 1 is 1.16 bits per heavy atom. The fourth-order valence-corrected chi connectivity index (χ4v) is 3.91. The summed E-state index contributed by atoms with van der Waals surface area (Å²) in [5, 5.41) is 11.7. The molecular formula is C22H23N7O3. The number of hydrogen-bond donors (Lipinski definition) is 1. The number of aryl methyl sites for hydroxylation is 1. The van der Waals surface area contributed by atoms with Gasteiger partial charge in [0.05, 0.1) is 31.0 Å². The minimum Gasteiger partial charge on any atom is -0.378 e. The van der Waals surface area contributed by atoms with Crippen molar-refractivity contribution < 1.29 is 14.3 Å². The topological polar surface area (TPSA) is 107 Å². The number of aromatic nitrogens is 5. The predicted octanol–water partition coefficient (Wildman–Crippen LogP) is 0.976. The molecule has 164 valence electrons. The van der Waals surface area contributed by atoms with Gasteiger partial charge in [-0.3, -0.25) is 14.3 Å². The highest BCUT2D eigenvalue weighted by molar-refractivity contribution is 6.06. The van der Waals surface area contributed by atoms with Gasteiger partial charge in [-0.05, 0) is 6.08 Å². The summed E-state index contributed by atoms with van der Waals surface area (Å²) in [6.07, 6.45) is 5.61. The molecule has 0 aliphatic carbocycles. The van der Waals surface area contributed by atoms with E-state index in [2.05, 4.69) is 20.5 Å². The number of hydrogen-bond acceptors (Lipinski definition) is 6. The first-order valence-electron chi connectivity index (χ1n) is 10.5. The molecular weight excluding hydrogens is 410 g/mol. The number of morpholine rings is 1. The molecule has 1 unspecified atom stereocenters. The predicted molar refractivity (Wildman–Crippen MR) is 116 cm³/mol. The number of rotatable bonds is 4. The second-order valence-electron chi connectivity index (χ2n) is 7.72. The van der Waals surface area contributed by atoms with Gasteiger partial charge in [0.15, 0.2) is 5.82 Å². The lowest BCUT2D eigenvalue weighted by molar-refractivity contribution is 0.0301. The molecule has 1 aromatic carbocycles. The summed E-state index contributed by atoms with van der Waals surface area (Å²) in [6, 6.07) is 9.47. The Labute approximate surface area is 184 Å². The first-order valence-corrected chi connectivity index (χ1v) is 10.5. The molecule has 4 heterocycles. The first-order chi connectivity index (χ1) is 15.6. The zero-order valence-corrected chi connectivity index (χ0v) is 17.6. The molecule has 0 radical (unpaired) electrons. The second-order valence-corrected chi connectivity index (χ2v) is 7.72. The van der Waals surface area contributed by atoms with Crippen LogP contribution in [0.3, 0.4) is 0 Å². The normalized spacial score (nSPS) is 17.8. The van der Waals surface area contributed by atoms with Crippen molar-refractivity contribution in [2.75, 3.05) is 26.3 Å². The Hall–Kier alpha value is -3.79. The van der Waals surface area contributed by atoms with Crippen LogP contribution in [0.25, 0.3) is 17.6 Å². The Morgan fingerprint density at radius 3 is 2.72 bits per heavy atom. The summed E-state index contributed by atoms with van der Waals surface area (Å²) >= 11 is 0. The molecule has 3 aromatic rings. The number of nitrogens with zero attached hydrogens (tertiary/aromatic N) is 6. The summed E-state index contributed by atoms with van der Waals surface area (Å²) in [5.74, 6) is 0.832. The average Bonchev–Trinajstić information content (AvgIpc) is 3.43. The van der Waals surface area contributed by atoms with Gasteiger partial charge in [0.1, 0.15) is 11.5 Å². The molecule has 1 fully saturated rings. The number of amides is 2. The SMILES string of the molecule is Cn1ncc(C(=O)N2CCOCC2)c1C(=O)NC1C=Cn2nc(-c3ccccc3)nc2C1. The average molecular weight is 433 g/mol. The summed E-state index contributed by atoms with van der Waals surface area (Å²) < 4.78 is 8.47. The van der Waals surface area contributed by atoms with Crippen molar-refractivity contribution in [1.82, 2.24) is 34.8 Å². The van der Waals surface area contributed by atoms with E-state index in [0.717, 1.165) is 11.4 Å². The lowest BCUT2D eigenvalue weighted by Crippen LogP contribution is -2.42. The molecule has 1 saturated heterocycles. The van der Waals surface area contributed by atoms with Crippen molar-refractivity contribution in [3.8, 4) is 11.4 Å². The van der Waals surface area contributed by atoms with Gasteiger partial charge < -0.3 is 15.0 Å². The Morgan fingerprint density at radius 2 is 1.94 bits per heavy atom. The molecule has 32 heavy (non-hydrogen) atoms. The van der Waals surface area contributed by atoms with Crippen LogP contribution in [0.5, 0.6) is 0 Å². The highest BCUT2D eigenvalue weighted by Crippen LogP contribution is 2.19. The van der Waals surface area contributed by atoms with E-state index in [0.29, 0.717) is 44.1 Å². The number of benzene rings is 1. The highest BCUT2D eigenvalue weighted by Gasteiger charge is 2.28. The van der Waals surface area contributed by atoms with Crippen LogP contribution in [0.2, 0.25) is 0 Å². The molecule has 2 amide bonds. The molecule has 2 aromatic heterocycles. The maximum Gasteiger partial charge on any atom is 0.270 e. The second kappa shape index (κ2) is 8.39. The van der Waals surface area contributed by atoms with Gasteiger partial charge in [0, 0.05) is 38.3 Å². The van der Waals surface area contributed by atoms with Gasteiger partial charge in [-0.2, -0.15) is 5.10 Å². The third-order valence-electron chi connectivity index (χ3n) is 5.59. The highest BCUT2D eigenvalue weighted by atomic mass is 16.5. The van der Waals surface area contributed by atoms with Crippen LogP contribution in [0, 0.1) is 0 Å². The number of nitrogens with one attached hydrogen (secondary N) is 1. The van der Waals surface area contributed by atoms with Gasteiger partial charge in [0.2, 0.25) is 0 Å². The quantitative estimate of drug-likeness (QED) is 0.657. The van der Waals surface area contributed by atoms with Crippen LogP contribution in [0.1, 0.15) is 26.7 Å². The van der Waals surface area contributed by atoms with E-state index in [1.54, 1.807) is 22.8 Å². The molecule has 2 aliphatic heterocycles. The molecule has 0 bridgehead atoms. The van der Waals surface area contributed by atoms with Gasteiger partial charge in [-0.1, -0.05) is 30.3 Å². The lowest BCUT2D eigenvalue weighted by atomic mass is 10.1. The number of fused-ring (bicyclic) bond motifs is 1. The maximum atomic E-state index is 13.1. The third kappa shape index (κ3) is 3.80. The fourth-order valence-electron chi connectivity index (χ4n) is 3.91.